The molecule has 8 nitrogen and oxygen atoms in total. The van der Waals surface area contributed by atoms with Gasteiger partial charge in [-0.25, -0.2) is 16.8 Å². The maximum atomic E-state index is 12.1. The summed E-state index contributed by atoms with van der Waals surface area (Å²) in [5.41, 5.74) is -2.01. The number of aromatic carboxylic acids is 1. The van der Waals surface area contributed by atoms with Crippen molar-refractivity contribution in [3.8, 4) is 0 Å². The van der Waals surface area contributed by atoms with Crippen molar-refractivity contribution < 1.29 is 44.6 Å². The third kappa shape index (κ3) is 5.35. The van der Waals surface area contributed by atoms with E-state index in [0.29, 0.717) is 18.6 Å². The zero-order valence-electron chi connectivity index (χ0n) is 12.2. The van der Waals surface area contributed by atoms with Gasteiger partial charge in [0.25, 0.3) is 0 Å². The van der Waals surface area contributed by atoms with E-state index >= 15 is 0 Å². The summed E-state index contributed by atoms with van der Waals surface area (Å²) in [7, 11) is -9.00. The van der Waals surface area contributed by atoms with E-state index in [2.05, 4.69) is 4.74 Å². The Kier molecular flexibility index (Phi) is 5.52. The quantitative estimate of drug-likeness (QED) is 0.660. The summed E-state index contributed by atoms with van der Waals surface area (Å²) < 4.78 is 86.3. The Hall–Kier alpha value is -1.86. The van der Waals surface area contributed by atoms with E-state index in [1.807, 2.05) is 0 Å². The molecule has 0 heterocycles. The van der Waals surface area contributed by atoms with Crippen molar-refractivity contribution in [2.24, 2.45) is 0 Å². The molecule has 136 valence electrons. The smallest absolute Gasteiger partial charge is 0.522 e. The first-order valence-corrected chi connectivity index (χ1v) is 9.58. The van der Waals surface area contributed by atoms with Gasteiger partial charge >= 0.3 is 6.36 Å². The van der Waals surface area contributed by atoms with Gasteiger partial charge in [-0.2, -0.15) is 3.71 Å². The van der Waals surface area contributed by atoms with Gasteiger partial charge in [-0.15, -0.1) is 13.2 Å². The van der Waals surface area contributed by atoms with E-state index in [4.69, 9.17) is 0 Å². The number of carbonyl (C=O) groups is 1. The molecule has 24 heavy (non-hydrogen) atoms. The summed E-state index contributed by atoms with van der Waals surface area (Å²) in [6.45, 7) is -1.08. The lowest BCUT2D eigenvalue weighted by molar-refractivity contribution is -0.330. The average Bonchev–Trinajstić information content (AvgIpc) is 2.31. The lowest BCUT2D eigenvalue weighted by Gasteiger charge is -2.23. The number of rotatable bonds is 6. The molecule has 0 bridgehead atoms. The van der Waals surface area contributed by atoms with Crippen molar-refractivity contribution in [1.29, 1.82) is 0 Å². The molecule has 0 radical (unpaired) electrons. The second-order valence-electron chi connectivity index (χ2n) is 4.60. The van der Waals surface area contributed by atoms with E-state index < -0.39 is 50.2 Å². The number of benzene rings is 1. The number of halogens is 3. The van der Waals surface area contributed by atoms with Crippen LogP contribution in [0.25, 0.3) is 0 Å². The van der Waals surface area contributed by atoms with Crippen molar-refractivity contribution in [3.63, 3.8) is 0 Å². The van der Waals surface area contributed by atoms with Crippen LogP contribution in [0.15, 0.2) is 18.2 Å². The molecule has 13 heteroatoms. The van der Waals surface area contributed by atoms with Gasteiger partial charge in [-0.05, 0) is 11.6 Å². The first-order valence-electron chi connectivity index (χ1n) is 5.88. The Morgan fingerprint density at radius 1 is 1.17 bits per heavy atom. The van der Waals surface area contributed by atoms with Crippen molar-refractivity contribution in [1.82, 2.24) is 0 Å². The van der Waals surface area contributed by atoms with Gasteiger partial charge in [0.15, 0.2) is 0 Å². The van der Waals surface area contributed by atoms with Crippen LogP contribution in [-0.4, -0.2) is 41.7 Å². The van der Waals surface area contributed by atoms with Gasteiger partial charge in [0, 0.05) is 5.56 Å². The van der Waals surface area contributed by atoms with Crippen LogP contribution in [0.2, 0.25) is 0 Å². The van der Waals surface area contributed by atoms with Gasteiger partial charge in [0.2, 0.25) is 20.0 Å². The minimum absolute atomic E-state index is 0.206. The van der Waals surface area contributed by atoms with Crippen LogP contribution in [0.3, 0.4) is 0 Å². The molecule has 0 saturated heterocycles. The zero-order valence-corrected chi connectivity index (χ0v) is 13.8. The number of nitrogens with zero attached hydrogens (tertiary/aromatic N) is 1. The van der Waals surface area contributed by atoms with Gasteiger partial charge in [-0.3, -0.25) is 4.74 Å². The highest BCUT2D eigenvalue weighted by atomic mass is 32.3. The van der Waals surface area contributed by atoms with Crippen molar-refractivity contribution >= 4 is 31.7 Å². The maximum absolute atomic E-state index is 12.1. The number of carbonyl (C=O) groups excluding carboxylic acids is 1. The summed E-state index contributed by atoms with van der Waals surface area (Å²) in [5, 5.41) is 11.1. The van der Waals surface area contributed by atoms with E-state index in [-0.39, 0.29) is 9.27 Å². The van der Waals surface area contributed by atoms with Crippen LogP contribution in [0.1, 0.15) is 15.9 Å². The molecule has 0 amide bonds. The molecular formula is C11H11F3NO7S2-. The molecule has 0 aliphatic heterocycles. The Labute approximate surface area is 135 Å². The standard InChI is InChI=1S/C11H12F3NO7S2/c1-23(18,19)15(24(2,20)21)9-5-7(6-22-11(12,13)14)3-4-8(9)10(16)17/h3-5H,6H2,1-2H3,(H,16,17)/p-1. The van der Waals surface area contributed by atoms with Crippen molar-refractivity contribution in [2.45, 2.75) is 13.0 Å². The Morgan fingerprint density at radius 3 is 2.04 bits per heavy atom. The first kappa shape index (κ1) is 20.2. The number of anilines is 1. The van der Waals surface area contributed by atoms with Crippen LogP contribution >= 0.6 is 0 Å². The highest BCUT2D eigenvalue weighted by Gasteiger charge is 2.31. The maximum Gasteiger partial charge on any atom is 0.522 e. The molecule has 0 aliphatic rings. The van der Waals surface area contributed by atoms with Crippen LogP contribution in [-0.2, 0) is 31.4 Å². The number of sulfonamides is 2. The van der Waals surface area contributed by atoms with Gasteiger partial charge in [0.05, 0.1) is 30.8 Å². The molecule has 0 atom stereocenters. The fourth-order valence-corrected chi connectivity index (χ4v) is 4.74. The van der Waals surface area contributed by atoms with Crippen molar-refractivity contribution in [3.05, 3.63) is 29.3 Å². The monoisotopic (exact) mass is 390 g/mol. The molecule has 1 aromatic rings. The van der Waals surface area contributed by atoms with Gasteiger partial charge in [-0.1, -0.05) is 12.1 Å². The van der Waals surface area contributed by atoms with Crippen molar-refractivity contribution in [2.75, 3.05) is 16.2 Å². The van der Waals surface area contributed by atoms with Crippen LogP contribution in [0.5, 0.6) is 0 Å². The van der Waals surface area contributed by atoms with Crippen LogP contribution in [0, 0.1) is 0 Å². The fourth-order valence-electron chi connectivity index (χ4n) is 1.76. The lowest BCUT2D eigenvalue weighted by Crippen LogP contribution is -2.37. The number of hydrogen-bond acceptors (Lipinski definition) is 7. The number of carboxylic acids is 1. The lowest BCUT2D eigenvalue weighted by atomic mass is 10.1. The third-order valence-electron chi connectivity index (χ3n) is 2.48. The topological polar surface area (TPSA) is 121 Å². The fraction of sp³-hybridized carbons (Fsp3) is 0.364. The highest BCUT2D eigenvalue weighted by molar-refractivity contribution is 8.09. The van der Waals surface area contributed by atoms with E-state index in [1.54, 1.807) is 0 Å². The number of carboxylic acid groups (broad SMARTS) is 1. The predicted octanol–water partition coefficient (Wildman–Crippen LogP) is -0.188. The molecule has 1 rings (SSSR count). The zero-order chi connectivity index (χ0) is 18.9. The summed E-state index contributed by atoms with van der Waals surface area (Å²) in [4.78, 5) is 11.1. The number of alkyl halides is 3. The van der Waals surface area contributed by atoms with E-state index in [1.165, 1.54) is 0 Å². The molecular weight excluding hydrogens is 379 g/mol. The summed E-state index contributed by atoms with van der Waals surface area (Å²) >= 11 is 0. The third-order valence-corrected chi connectivity index (χ3v) is 5.71. The largest absolute Gasteiger partial charge is 0.545 e. The predicted molar refractivity (Wildman–Crippen MR) is 73.8 cm³/mol. The first-order chi connectivity index (χ1) is 10.6. The van der Waals surface area contributed by atoms with E-state index in [9.17, 15) is 39.9 Å². The normalized spacial score (nSPS) is 12.9. The molecule has 0 saturated carbocycles. The average molecular weight is 390 g/mol. The molecule has 0 spiro atoms. The van der Waals surface area contributed by atoms with Gasteiger partial charge < -0.3 is 9.90 Å². The minimum Gasteiger partial charge on any atom is -0.545 e. The SMILES string of the molecule is CS(=O)(=O)N(c1cc(COC(F)(F)F)ccc1C(=O)[O-])S(C)(=O)=O. The Morgan fingerprint density at radius 2 is 1.67 bits per heavy atom. The van der Waals surface area contributed by atoms with E-state index in [0.717, 1.165) is 12.1 Å². The second-order valence-corrected chi connectivity index (χ2v) is 8.49. The molecule has 0 fully saturated rings. The molecule has 0 N–H and O–H groups in total. The number of ether oxygens (including phenoxy) is 1. The molecule has 0 aromatic heterocycles. The summed E-state index contributed by atoms with van der Waals surface area (Å²) in [6.07, 6.45) is -4.00. The highest BCUT2D eigenvalue weighted by Crippen LogP contribution is 2.28. The second kappa shape index (κ2) is 6.57. The molecule has 0 aliphatic carbocycles. The van der Waals surface area contributed by atoms with Crippen LogP contribution in [0.4, 0.5) is 18.9 Å². The summed E-state index contributed by atoms with van der Waals surface area (Å²) in [5.74, 6) is -1.91. The van der Waals surface area contributed by atoms with Gasteiger partial charge in [0.1, 0.15) is 0 Å². The Balaban J connectivity index is 3.54. The molecule has 0 unspecified atom stereocenters. The summed E-state index contributed by atoms with van der Waals surface area (Å²) in [6, 6.07) is 2.28. The Bertz CT molecular complexity index is 815. The number of hydrogen-bond donors (Lipinski definition) is 0. The van der Waals surface area contributed by atoms with Crippen LogP contribution < -0.4 is 8.82 Å². The molecule has 1 aromatic carbocycles. The minimum atomic E-state index is -4.99.